The standard InChI is InChI=1S/C21H28O2/c1-3-20-11-9-17-16-8-6-15(22)13-14(16)5-7-18(17)19(20)10-12-21(20,23)4-2/h2,17-19,23H,3,5-13H2,1H3/t17?,18?,19?,20?,21-/m0/s1. The van der Waals surface area contributed by atoms with Crippen molar-refractivity contribution in [3.63, 3.8) is 0 Å². The van der Waals surface area contributed by atoms with Crippen molar-refractivity contribution in [3.8, 4) is 12.3 Å². The van der Waals surface area contributed by atoms with Gasteiger partial charge in [0.1, 0.15) is 11.4 Å². The van der Waals surface area contributed by atoms with Gasteiger partial charge in [-0.3, -0.25) is 4.79 Å². The Balaban J connectivity index is 1.69. The summed E-state index contributed by atoms with van der Waals surface area (Å²) in [7, 11) is 0. The molecule has 2 heteroatoms. The molecule has 0 radical (unpaired) electrons. The quantitative estimate of drug-likeness (QED) is 0.586. The Kier molecular flexibility index (Phi) is 3.50. The summed E-state index contributed by atoms with van der Waals surface area (Å²) in [5, 5.41) is 11.1. The summed E-state index contributed by atoms with van der Waals surface area (Å²) in [6, 6.07) is 0. The van der Waals surface area contributed by atoms with Crippen LogP contribution in [-0.4, -0.2) is 16.5 Å². The molecule has 0 saturated heterocycles. The molecule has 23 heavy (non-hydrogen) atoms. The number of Topliss-reactive ketones (excluding diaryl/α,β-unsaturated/α-hetero) is 1. The number of carbonyl (C=O) groups is 1. The van der Waals surface area contributed by atoms with Gasteiger partial charge in [0, 0.05) is 18.3 Å². The minimum Gasteiger partial charge on any atom is -0.377 e. The van der Waals surface area contributed by atoms with Crippen LogP contribution >= 0.6 is 0 Å². The topological polar surface area (TPSA) is 37.3 Å². The molecule has 0 aromatic carbocycles. The predicted molar refractivity (Wildman–Crippen MR) is 90.6 cm³/mol. The number of carbonyl (C=O) groups excluding carboxylic acids is 1. The molecule has 0 aromatic heterocycles. The molecule has 5 atom stereocenters. The molecule has 0 bridgehead atoms. The summed E-state index contributed by atoms with van der Waals surface area (Å²) < 4.78 is 0. The first-order valence-corrected chi connectivity index (χ1v) is 9.47. The molecule has 0 amide bonds. The van der Waals surface area contributed by atoms with Crippen molar-refractivity contribution in [3.05, 3.63) is 11.1 Å². The molecule has 4 aliphatic carbocycles. The van der Waals surface area contributed by atoms with Gasteiger partial charge < -0.3 is 5.11 Å². The highest BCUT2D eigenvalue weighted by Gasteiger charge is 2.62. The van der Waals surface area contributed by atoms with E-state index in [1.54, 1.807) is 5.57 Å². The van der Waals surface area contributed by atoms with Crippen molar-refractivity contribution < 1.29 is 9.90 Å². The summed E-state index contributed by atoms with van der Waals surface area (Å²) in [5.74, 6) is 5.13. The van der Waals surface area contributed by atoms with E-state index in [0.29, 0.717) is 23.5 Å². The lowest BCUT2D eigenvalue weighted by Crippen LogP contribution is -2.52. The number of ketones is 1. The van der Waals surface area contributed by atoms with Crippen LogP contribution in [0.5, 0.6) is 0 Å². The minimum atomic E-state index is -0.894. The second-order valence-corrected chi connectivity index (χ2v) is 8.35. The lowest BCUT2D eigenvalue weighted by molar-refractivity contribution is -0.119. The van der Waals surface area contributed by atoms with Crippen molar-refractivity contribution in [2.24, 2.45) is 23.2 Å². The Morgan fingerprint density at radius 3 is 2.78 bits per heavy atom. The number of allylic oxidation sites excluding steroid dienone is 2. The van der Waals surface area contributed by atoms with Gasteiger partial charge in [0.2, 0.25) is 0 Å². The fraction of sp³-hybridized carbons (Fsp3) is 0.762. The van der Waals surface area contributed by atoms with Gasteiger partial charge in [-0.25, -0.2) is 0 Å². The van der Waals surface area contributed by atoms with Crippen LogP contribution in [0.15, 0.2) is 11.1 Å². The van der Waals surface area contributed by atoms with E-state index in [4.69, 9.17) is 6.42 Å². The Morgan fingerprint density at radius 1 is 1.22 bits per heavy atom. The molecule has 4 aliphatic rings. The summed E-state index contributed by atoms with van der Waals surface area (Å²) >= 11 is 0. The molecule has 2 nitrogen and oxygen atoms in total. The third kappa shape index (κ3) is 1.96. The molecule has 4 unspecified atom stereocenters. The predicted octanol–water partition coefficient (Wildman–Crippen LogP) is 4.03. The molecule has 0 heterocycles. The minimum absolute atomic E-state index is 0.0640. The molecule has 0 spiro atoms. The highest BCUT2D eigenvalue weighted by molar-refractivity contribution is 5.82. The third-order valence-corrected chi connectivity index (χ3v) is 7.92. The number of fused-ring (bicyclic) bond motifs is 4. The molecular formula is C21H28O2. The maximum atomic E-state index is 11.8. The first kappa shape index (κ1) is 15.5. The summed E-state index contributed by atoms with van der Waals surface area (Å²) in [6.45, 7) is 2.22. The Morgan fingerprint density at radius 2 is 2.04 bits per heavy atom. The Bertz CT molecular complexity index is 610. The largest absolute Gasteiger partial charge is 0.377 e. The van der Waals surface area contributed by atoms with E-state index < -0.39 is 5.60 Å². The van der Waals surface area contributed by atoms with Crippen molar-refractivity contribution in [1.29, 1.82) is 0 Å². The maximum absolute atomic E-state index is 11.8. The average molecular weight is 312 g/mol. The van der Waals surface area contributed by atoms with Crippen molar-refractivity contribution >= 4 is 5.78 Å². The van der Waals surface area contributed by atoms with Gasteiger partial charge in [0.05, 0.1) is 0 Å². The van der Waals surface area contributed by atoms with Crippen LogP contribution in [0.25, 0.3) is 0 Å². The second kappa shape index (κ2) is 5.21. The van der Waals surface area contributed by atoms with Gasteiger partial charge in [0.25, 0.3) is 0 Å². The third-order valence-electron chi connectivity index (χ3n) is 7.92. The summed E-state index contributed by atoms with van der Waals surface area (Å²) in [4.78, 5) is 11.8. The van der Waals surface area contributed by atoms with E-state index in [-0.39, 0.29) is 5.41 Å². The number of hydrogen-bond donors (Lipinski definition) is 1. The fourth-order valence-electron chi connectivity index (χ4n) is 6.83. The van der Waals surface area contributed by atoms with Gasteiger partial charge in [-0.05, 0) is 69.1 Å². The fourth-order valence-corrected chi connectivity index (χ4v) is 6.83. The lowest BCUT2D eigenvalue weighted by Gasteiger charge is -2.54. The maximum Gasteiger partial charge on any atom is 0.137 e. The number of terminal acetylenes is 1. The molecule has 0 aromatic rings. The van der Waals surface area contributed by atoms with Gasteiger partial charge in [-0.15, -0.1) is 6.42 Å². The van der Waals surface area contributed by atoms with Crippen molar-refractivity contribution in [2.75, 3.05) is 0 Å². The molecular weight excluding hydrogens is 284 g/mol. The molecule has 2 saturated carbocycles. The summed E-state index contributed by atoms with van der Waals surface area (Å²) in [6.07, 6.45) is 15.6. The Hall–Kier alpha value is -1.07. The molecule has 1 N–H and O–H groups in total. The highest BCUT2D eigenvalue weighted by atomic mass is 16.3. The molecule has 124 valence electrons. The van der Waals surface area contributed by atoms with E-state index in [0.717, 1.165) is 57.8 Å². The van der Waals surface area contributed by atoms with Crippen molar-refractivity contribution in [2.45, 2.75) is 76.7 Å². The normalized spacial score (nSPS) is 46.0. The SMILES string of the molecule is C#C[C@]1(O)CCC2C3CCC4=C(CCC(=O)C4)C3CCC21CC. The smallest absolute Gasteiger partial charge is 0.137 e. The van der Waals surface area contributed by atoms with Crippen molar-refractivity contribution in [1.82, 2.24) is 0 Å². The number of hydrogen-bond acceptors (Lipinski definition) is 2. The van der Waals surface area contributed by atoms with Gasteiger partial charge in [-0.2, -0.15) is 0 Å². The lowest BCUT2D eigenvalue weighted by atomic mass is 9.51. The van der Waals surface area contributed by atoms with Gasteiger partial charge in [-0.1, -0.05) is 24.0 Å². The monoisotopic (exact) mass is 312 g/mol. The van der Waals surface area contributed by atoms with E-state index in [9.17, 15) is 9.90 Å². The van der Waals surface area contributed by atoms with Crippen LogP contribution in [0.2, 0.25) is 0 Å². The van der Waals surface area contributed by atoms with Crippen LogP contribution in [-0.2, 0) is 4.79 Å². The van der Waals surface area contributed by atoms with Gasteiger partial charge in [0.15, 0.2) is 0 Å². The van der Waals surface area contributed by atoms with E-state index in [1.807, 2.05) is 0 Å². The van der Waals surface area contributed by atoms with Crippen LogP contribution in [0.3, 0.4) is 0 Å². The highest BCUT2D eigenvalue weighted by Crippen LogP contribution is 2.65. The van der Waals surface area contributed by atoms with Gasteiger partial charge >= 0.3 is 0 Å². The van der Waals surface area contributed by atoms with E-state index in [2.05, 4.69) is 12.8 Å². The number of rotatable bonds is 1. The van der Waals surface area contributed by atoms with E-state index in [1.165, 1.54) is 12.0 Å². The molecule has 2 fully saturated rings. The Labute approximate surface area is 139 Å². The van der Waals surface area contributed by atoms with Crippen LogP contribution in [0, 0.1) is 35.5 Å². The zero-order valence-electron chi connectivity index (χ0n) is 14.2. The zero-order valence-corrected chi connectivity index (χ0v) is 14.2. The van der Waals surface area contributed by atoms with E-state index >= 15 is 0 Å². The number of aliphatic hydroxyl groups is 1. The first-order chi connectivity index (χ1) is 11.0. The first-order valence-electron chi connectivity index (χ1n) is 9.47. The molecule has 4 rings (SSSR count). The average Bonchev–Trinajstić information content (AvgIpc) is 2.88. The van der Waals surface area contributed by atoms with Crippen LogP contribution in [0.4, 0.5) is 0 Å². The summed E-state index contributed by atoms with van der Waals surface area (Å²) in [5.41, 5.74) is 2.14. The van der Waals surface area contributed by atoms with Crippen LogP contribution in [0.1, 0.15) is 71.1 Å². The zero-order chi connectivity index (χ0) is 16.2. The molecule has 0 aliphatic heterocycles. The van der Waals surface area contributed by atoms with Crippen LogP contribution < -0.4 is 0 Å². The second-order valence-electron chi connectivity index (χ2n) is 8.35.